The van der Waals surface area contributed by atoms with Crippen LogP contribution in [0.1, 0.15) is 42.2 Å². The Bertz CT molecular complexity index is 1510. The van der Waals surface area contributed by atoms with Crippen molar-refractivity contribution in [2.75, 3.05) is 44.8 Å². The first kappa shape index (κ1) is 40.0. The van der Waals surface area contributed by atoms with Crippen molar-refractivity contribution in [3.05, 3.63) is 52.1 Å². The van der Waals surface area contributed by atoms with Crippen molar-refractivity contribution in [2.24, 2.45) is 9.98 Å². The van der Waals surface area contributed by atoms with Crippen LogP contribution < -0.4 is 21.9 Å². The number of amides is 1. The highest BCUT2D eigenvalue weighted by Crippen LogP contribution is 2.12. The van der Waals surface area contributed by atoms with Gasteiger partial charge in [-0.3, -0.25) is 19.4 Å². The van der Waals surface area contributed by atoms with E-state index in [-0.39, 0.29) is 59.9 Å². The van der Waals surface area contributed by atoms with Crippen LogP contribution in [0.5, 0.6) is 0 Å². The molecule has 246 valence electrons. The van der Waals surface area contributed by atoms with Crippen LogP contribution in [0, 0.1) is 0 Å². The third-order valence-electron chi connectivity index (χ3n) is 5.53. The number of aromatic amines is 1. The van der Waals surface area contributed by atoms with Gasteiger partial charge in [0.1, 0.15) is 6.04 Å². The molecule has 18 heteroatoms. The van der Waals surface area contributed by atoms with Gasteiger partial charge in [0.15, 0.2) is 11.2 Å². The quantitative estimate of drug-likeness (QED) is 0.104. The molecule has 1 atom stereocenters. The van der Waals surface area contributed by atoms with Crippen LogP contribution in [0.25, 0.3) is 11.2 Å². The Labute approximate surface area is 264 Å². The first-order chi connectivity index (χ1) is 20.5. The number of anilines is 2. The number of aliphatic carboxylic acids is 2. The number of benzene rings is 1. The van der Waals surface area contributed by atoms with Gasteiger partial charge in [-0.05, 0) is 64.7 Å². The lowest BCUT2D eigenvalue weighted by Crippen LogP contribution is -2.41. The molecule has 1 aromatic carbocycles. The highest BCUT2D eigenvalue weighted by molar-refractivity contribution is 5.97. The molecule has 17 nitrogen and oxygen atoms in total. The fraction of sp³-hybridized carbons (Fsp3) is 0.407. The first-order valence-electron chi connectivity index (χ1n) is 13.3. The molecule has 0 radical (unpaired) electrons. The highest BCUT2D eigenvalue weighted by atomic mass is 35.5. The van der Waals surface area contributed by atoms with Gasteiger partial charge in [0.2, 0.25) is 5.95 Å². The van der Waals surface area contributed by atoms with E-state index in [1.165, 1.54) is 18.3 Å². The van der Waals surface area contributed by atoms with E-state index in [9.17, 15) is 19.2 Å². The lowest BCUT2D eigenvalue weighted by atomic mass is 10.1. The summed E-state index contributed by atoms with van der Waals surface area (Å²) in [5, 5.41) is 23.2. The fourth-order valence-corrected chi connectivity index (χ4v) is 3.39. The van der Waals surface area contributed by atoms with Crippen LogP contribution in [0.4, 0.5) is 11.6 Å². The lowest BCUT2D eigenvalue weighted by molar-refractivity contribution is -0.140. The summed E-state index contributed by atoms with van der Waals surface area (Å²) in [7, 11) is 4.12. The Morgan fingerprint density at radius 1 is 1.13 bits per heavy atom. The number of carbonyl (C=O) groups excluding carboxylic acids is 1. The maximum atomic E-state index is 12.3. The molecular weight excluding hydrogens is 612 g/mol. The molecule has 0 spiro atoms. The minimum atomic E-state index is -1.31. The molecule has 3 aromatic rings. The third-order valence-corrected chi connectivity index (χ3v) is 5.53. The standard InChI is InChI=1S/C19H19N7O6.C8H17N3.ClH.H2O/c20-19-25-15-14(17(30)26-19)23-11(8-22-15)7-21-10-3-1-9(2-4-10)16(29)24-12(18(31)32)5-6-13(27)28;1-4-9-8-10-6-5-7-11(2)3;;/h1-4,8,12,21H,5-7H2,(H,24,29)(H,27,28)(H,31,32)(H3,20,22,25,26,30);4-7H2,1-3H3;1H;1H2. The zero-order valence-corrected chi connectivity index (χ0v) is 25.9. The van der Waals surface area contributed by atoms with Crippen LogP contribution in [-0.2, 0) is 16.1 Å². The molecule has 2 heterocycles. The number of halogens is 1. The van der Waals surface area contributed by atoms with Crippen molar-refractivity contribution < 1.29 is 30.1 Å². The van der Waals surface area contributed by atoms with Crippen LogP contribution in [0.3, 0.4) is 0 Å². The van der Waals surface area contributed by atoms with Gasteiger partial charge in [-0.1, -0.05) is 0 Å². The first-order valence-corrected chi connectivity index (χ1v) is 13.3. The van der Waals surface area contributed by atoms with Gasteiger partial charge in [-0.2, -0.15) is 4.98 Å². The van der Waals surface area contributed by atoms with Crippen molar-refractivity contribution in [3.63, 3.8) is 0 Å². The molecule has 0 saturated carbocycles. The number of fused-ring (bicyclic) bond motifs is 1. The van der Waals surface area contributed by atoms with Crippen molar-refractivity contribution in [1.82, 2.24) is 30.2 Å². The Hall–Kier alpha value is -4.96. The molecular formula is C27H39ClN10O7. The molecule has 0 aliphatic carbocycles. The van der Waals surface area contributed by atoms with Crippen molar-refractivity contribution in [2.45, 2.75) is 38.8 Å². The van der Waals surface area contributed by atoms with Crippen molar-refractivity contribution >= 4 is 59.1 Å². The number of aromatic nitrogens is 4. The van der Waals surface area contributed by atoms with E-state index in [0.29, 0.717) is 11.4 Å². The van der Waals surface area contributed by atoms with Crippen molar-refractivity contribution in [1.29, 1.82) is 0 Å². The van der Waals surface area contributed by atoms with Gasteiger partial charge in [0.05, 0.1) is 31.0 Å². The minimum absolute atomic E-state index is 0. The van der Waals surface area contributed by atoms with E-state index in [0.717, 1.165) is 26.1 Å². The maximum Gasteiger partial charge on any atom is 0.326 e. The average Bonchev–Trinajstić information content (AvgIpc) is 2.96. The van der Waals surface area contributed by atoms with Crippen LogP contribution in [-0.4, -0.2) is 104 Å². The van der Waals surface area contributed by atoms with E-state index in [2.05, 4.69) is 65.6 Å². The highest BCUT2D eigenvalue weighted by Gasteiger charge is 2.21. The topological polar surface area (TPSA) is 273 Å². The summed E-state index contributed by atoms with van der Waals surface area (Å²) in [6, 6.07) is 7.50. The van der Waals surface area contributed by atoms with Gasteiger partial charge in [-0.15, -0.1) is 12.4 Å². The van der Waals surface area contributed by atoms with Gasteiger partial charge < -0.3 is 37.0 Å². The number of hydrogen-bond acceptors (Lipinski definition) is 12. The molecule has 0 bridgehead atoms. The third kappa shape index (κ3) is 14.9. The molecule has 1 amide bonds. The molecule has 0 saturated heterocycles. The van der Waals surface area contributed by atoms with Gasteiger partial charge in [0, 0.05) is 24.2 Å². The van der Waals surface area contributed by atoms with Gasteiger partial charge in [0.25, 0.3) is 11.5 Å². The summed E-state index contributed by atoms with van der Waals surface area (Å²) in [6.45, 7) is 4.90. The lowest BCUT2D eigenvalue weighted by Gasteiger charge is -2.14. The molecule has 1 unspecified atom stereocenters. The van der Waals surface area contributed by atoms with Crippen LogP contribution >= 0.6 is 12.4 Å². The fourth-order valence-electron chi connectivity index (χ4n) is 3.39. The number of carbonyl (C=O) groups is 3. The summed E-state index contributed by atoms with van der Waals surface area (Å²) < 4.78 is 0. The smallest absolute Gasteiger partial charge is 0.326 e. The molecule has 3 rings (SSSR count). The average molecular weight is 651 g/mol. The zero-order valence-electron chi connectivity index (χ0n) is 25.1. The number of carboxylic acid groups (broad SMARTS) is 2. The van der Waals surface area contributed by atoms with E-state index in [1.807, 2.05) is 6.92 Å². The van der Waals surface area contributed by atoms with Crippen LogP contribution in [0.2, 0.25) is 0 Å². The summed E-state index contributed by atoms with van der Waals surface area (Å²) >= 11 is 0. The number of nitrogens with two attached hydrogens (primary N) is 1. The van der Waals surface area contributed by atoms with Gasteiger partial charge >= 0.3 is 11.9 Å². The minimum Gasteiger partial charge on any atom is -0.481 e. The monoisotopic (exact) mass is 650 g/mol. The van der Waals surface area contributed by atoms with E-state index in [4.69, 9.17) is 15.9 Å². The van der Waals surface area contributed by atoms with E-state index in [1.54, 1.807) is 12.1 Å². The number of rotatable bonds is 14. The zero-order chi connectivity index (χ0) is 31.8. The number of nitrogen functional groups attached to an aromatic ring is 1. The SMILES string of the molecule is CCN=C=NCCCN(C)C.Cl.Nc1nc2ncc(CNc3ccc(C(=O)NC(CCC(=O)O)C(=O)O)cc3)nc2c(=O)[nH]1.O. The second kappa shape index (κ2) is 20.9. The van der Waals surface area contributed by atoms with E-state index < -0.39 is 29.4 Å². The number of nitrogens with one attached hydrogen (secondary N) is 3. The molecule has 9 N–H and O–H groups in total. The number of hydrogen-bond donors (Lipinski definition) is 6. The molecule has 45 heavy (non-hydrogen) atoms. The van der Waals surface area contributed by atoms with Crippen LogP contribution in [0.15, 0.2) is 45.2 Å². The summed E-state index contributed by atoms with van der Waals surface area (Å²) in [5.41, 5.74) is 6.47. The molecule has 2 aromatic heterocycles. The summed E-state index contributed by atoms with van der Waals surface area (Å²) in [5.74, 6) is -3.16. The largest absolute Gasteiger partial charge is 0.481 e. The number of H-pyrrole nitrogens is 1. The predicted octanol–water partition coefficient (Wildman–Crippen LogP) is 0.684. The molecule has 0 aliphatic rings. The second-order valence-corrected chi connectivity index (χ2v) is 9.33. The Morgan fingerprint density at radius 2 is 1.82 bits per heavy atom. The second-order valence-electron chi connectivity index (χ2n) is 9.33. The Kier molecular flexibility index (Phi) is 18.6. The van der Waals surface area contributed by atoms with Crippen molar-refractivity contribution in [3.8, 4) is 0 Å². The maximum absolute atomic E-state index is 12.3. The summed E-state index contributed by atoms with van der Waals surface area (Å²) in [6.07, 6.45) is 1.92. The van der Waals surface area contributed by atoms with E-state index >= 15 is 0 Å². The summed E-state index contributed by atoms with van der Waals surface area (Å²) in [4.78, 5) is 70.5. The molecule has 0 aliphatic heterocycles. The number of nitrogens with zero attached hydrogens (tertiary/aromatic N) is 6. The normalized spacial score (nSPS) is 10.6. The Morgan fingerprint density at radius 3 is 2.42 bits per heavy atom. The predicted molar refractivity (Wildman–Crippen MR) is 171 cm³/mol. The molecule has 0 fully saturated rings. The Balaban J connectivity index is 0.00000128. The number of aliphatic imine (C=N–C) groups is 2. The van der Waals surface area contributed by atoms with Gasteiger partial charge in [-0.25, -0.2) is 24.7 Å². The number of carboxylic acids is 2.